The van der Waals surface area contributed by atoms with Gasteiger partial charge in [-0.25, -0.2) is 0 Å². The van der Waals surface area contributed by atoms with Crippen LogP contribution in [0.25, 0.3) is 0 Å². The van der Waals surface area contributed by atoms with Gasteiger partial charge in [-0.05, 0) is 43.5 Å². The number of rotatable bonds is 8. The van der Waals surface area contributed by atoms with Crippen molar-refractivity contribution in [2.45, 2.75) is 46.3 Å². The van der Waals surface area contributed by atoms with Crippen LogP contribution in [0.15, 0.2) is 54.6 Å². The fraction of sp³-hybridized carbons (Fsp3) is 0.400. The first-order valence-corrected chi connectivity index (χ1v) is 8.32. The Bertz CT molecular complexity index is 553. The standard InChI is InChI=1S/C20H27NO/c1-4-6-16-21(19-13-8-7-9-14-19)17(3)22-20-15-11-10-12-18(20)5-2/h7-15,17H,4-6,16H2,1-3H3. The molecule has 2 rings (SSSR count). The van der Waals surface area contributed by atoms with Crippen LogP contribution >= 0.6 is 0 Å². The zero-order chi connectivity index (χ0) is 15.8. The molecule has 0 aliphatic heterocycles. The van der Waals surface area contributed by atoms with E-state index >= 15 is 0 Å². The predicted molar refractivity (Wildman–Crippen MR) is 94.6 cm³/mol. The lowest BCUT2D eigenvalue weighted by molar-refractivity contribution is 0.212. The van der Waals surface area contributed by atoms with Gasteiger partial charge >= 0.3 is 0 Å². The van der Waals surface area contributed by atoms with Crippen LogP contribution in [0.1, 0.15) is 39.2 Å². The normalized spacial score (nSPS) is 12.0. The van der Waals surface area contributed by atoms with Gasteiger partial charge in [0.2, 0.25) is 0 Å². The van der Waals surface area contributed by atoms with Crippen LogP contribution in [0.4, 0.5) is 5.69 Å². The van der Waals surface area contributed by atoms with Crippen molar-refractivity contribution in [1.82, 2.24) is 0 Å². The molecule has 0 saturated carbocycles. The van der Waals surface area contributed by atoms with Crippen molar-refractivity contribution in [1.29, 1.82) is 0 Å². The van der Waals surface area contributed by atoms with Crippen LogP contribution in [-0.2, 0) is 6.42 Å². The van der Waals surface area contributed by atoms with Gasteiger partial charge in [0.05, 0.1) is 0 Å². The molecule has 2 heteroatoms. The Morgan fingerprint density at radius 2 is 1.64 bits per heavy atom. The highest BCUT2D eigenvalue weighted by Gasteiger charge is 2.16. The summed E-state index contributed by atoms with van der Waals surface area (Å²) in [5.41, 5.74) is 2.48. The Kier molecular flexibility index (Phi) is 6.32. The van der Waals surface area contributed by atoms with Crippen molar-refractivity contribution in [3.8, 4) is 5.75 Å². The number of hydrogen-bond acceptors (Lipinski definition) is 2. The summed E-state index contributed by atoms with van der Waals surface area (Å²) >= 11 is 0. The van der Waals surface area contributed by atoms with Crippen LogP contribution in [0.5, 0.6) is 5.75 Å². The number of anilines is 1. The number of ether oxygens (including phenoxy) is 1. The van der Waals surface area contributed by atoms with Crippen LogP contribution in [0, 0.1) is 0 Å². The summed E-state index contributed by atoms with van der Waals surface area (Å²) in [4.78, 5) is 2.34. The first-order chi connectivity index (χ1) is 10.8. The van der Waals surface area contributed by atoms with Crippen molar-refractivity contribution in [2.24, 2.45) is 0 Å². The molecule has 0 amide bonds. The first-order valence-electron chi connectivity index (χ1n) is 8.32. The molecule has 1 unspecified atom stereocenters. The lowest BCUT2D eigenvalue weighted by Crippen LogP contribution is -2.38. The van der Waals surface area contributed by atoms with E-state index in [4.69, 9.17) is 4.74 Å². The molecule has 0 bridgehead atoms. The highest BCUT2D eigenvalue weighted by molar-refractivity contribution is 5.47. The summed E-state index contributed by atoms with van der Waals surface area (Å²) < 4.78 is 6.28. The monoisotopic (exact) mass is 297 g/mol. The van der Waals surface area contributed by atoms with Gasteiger partial charge in [-0.15, -0.1) is 0 Å². The third-order valence-electron chi connectivity index (χ3n) is 3.93. The molecule has 0 aliphatic rings. The average Bonchev–Trinajstić information content (AvgIpc) is 2.56. The van der Waals surface area contributed by atoms with E-state index in [1.165, 1.54) is 17.7 Å². The second-order valence-electron chi connectivity index (χ2n) is 5.56. The van der Waals surface area contributed by atoms with Crippen molar-refractivity contribution >= 4 is 5.69 Å². The molecule has 1 atom stereocenters. The molecule has 2 nitrogen and oxygen atoms in total. The Balaban J connectivity index is 2.16. The molecule has 0 radical (unpaired) electrons. The van der Waals surface area contributed by atoms with Crippen molar-refractivity contribution in [3.05, 3.63) is 60.2 Å². The molecular formula is C20H27NO. The summed E-state index contributed by atoms with van der Waals surface area (Å²) in [5, 5.41) is 0. The molecule has 0 saturated heterocycles. The quantitative estimate of drug-likeness (QED) is 0.615. The van der Waals surface area contributed by atoms with E-state index in [9.17, 15) is 0 Å². The highest BCUT2D eigenvalue weighted by Crippen LogP contribution is 2.23. The summed E-state index contributed by atoms with van der Waals surface area (Å²) in [7, 11) is 0. The number of unbranched alkanes of at least 4 members (excludes halogenated alkanes) is 1. The molecule has 0 aliphatic carbocycles. The van der Waals surface area contributed by atoms with E-state index in [1.807, 2.05) is 6.07 Å². The van der Waals surface area contributed by atoms with Gasteiger partial charge in [-0.3, -0.25) is 0 Å². The Morgan fingerprint density at radius 3 is 2.32 bits per heavy atom. The third-order valence-corrected chi connectivity index (χ3v) is 3.93. The molecule has 2 aromatic carbocycles. The van der Waals surface area contributed by atoms with Gasteiger partial charge in [0.25, 0.3) is 0 Å². The van der Waals surface area contributed by atoms with Crippen LogP contribution < -0.4 is 9.64 Å². The van der Waals surface area contributed by atoms with E-state index in [-0.39, 0.29) is 6.23 Å². The maximum atomic E-state index is 6.28. The van der Waals surface area contributed by atoms with Crippen molar-refractivity contribution < 1.29 is 4.74 Å². The number of nitrogens with zero attached hydrogens (tertiary/aromatic N) is 1. The van der Waals surface area contributed by atoms with Crippen LogP contribution in [0.2, 0.25) is 0 Å². The fourth-order valence-electron chi connectivity index (χ4n) is 2.63. The zero-order valence-electron chi connectivity index (χ0n) is 14.0. The molecule has 22 heavy (non-hydrogen) atoms. The first kappa shape index (κ1) is 16.4. The minimum atomic E-state index is 0.0154. The summed E-state index contributed by atoms with van der Waals surface area (Å²) in [6.45, 7) is 7.53. The molecule has 0 N–H and O–H groups in total. The zero-order valence-corrected chi connectivity index (χ0v) is 14.0. The lowest BCUT2D eigenvalue weighted by atomic mass is 10.1. The number of para-hydroxylation sites is 2. The summed E-state index contributed by atoms with van der Waals surface area (Å²) in [6.07, 6.45) is 3.35. The topological polar surface area (TPSA) is 12.5 Å². The SMILES string of the molecule is CCCCN(c1ccccc1)C(C)Oc1ccccc1CC. The van der Waals surface area contributed by atoms with E-state index < -0.39 is 0 Å². The summed E-state index contributed by atoms with van der Waals surface area (Å²) in [6, 6.07) is 18.9. The minimum Gasteiger partial charge on any atom is -0.471 e. The fourth-order valence-corrected chi connectivity index (χ4v) is 2.63. The van der Waals surface area contributed by atoms with Gasteiger partial charge in [-0.1, -0.05) is 56.7 Å². The van der Waals surface area contributed by atoms with Crippen molar-refractivity contribution in [3.63, 3.8) is 0 Å². The second-order valence-corrected chi connectivity index (χ2v) is 5.56. The van der Waals surface area contributed by atoms with E-state index in [2.05, 4.69) is 74.2 Å². The molecule has 2 aromatic rings. The molecule has 118 valence electrons. The van der Waals surface area contributed by atoms with Gasteiger partial charge in [-0.2, -0.15) is 0 Å². The maximum absolute atomic E-state index is 6.28. The van der Waals surface area contributed by atoms with Gasteiger partial charge in [0.1, 0.15) is 5.75 Å². The van der Waals surface area contributed by atoms with E-state index in [0.717, 1.165) is 25.1 Å². The predicted octanol–water partition coefficient (Wildman–Crippen LogP) is 5.28. The Morgan fingerprint density at radius 1 is 0.955 bits per heavy atom. The van der Waals surface area contributed by atoms with Crippen molar-refractivity contribution in [2.75, 3.05) is 11.4 Å². The van der Waals surface area contributed by atoms with Gasteiger partial charge in [0.15, 0.2) is 6.23 Å². The van der Waals surface area contributed by atoms with Gasteiger partial charge < -0.3 is 9.64 Å². The second kappa shape index (κ2) is 8.47. The lowest BCUT2D eigenvalue weighted by Gasteiger charge is -2.32. The maximum Gasteiger partial charge on any atom is 0.169 e. The van der Waals surface area contributed by atoms with Crippen LogP contribution in [-0.4, -0.2) is 12.8 Å². The largest absolute Gasteiger partial charge is 0.471 e. The Labute approximate surface area is 134 Å². The number of aryl methyl sites for hydroxylation is 1. The Hall–Kier alpha value is -1.96. The number of benzene rings is 2. The minimum absolute atomic E-state index is 0.0154. The third kappa shape index (κ3) is 4.27. The smallest absolute Gasteiger partial charge is 0.169 e. The van der Waals surface area contributed by atoms with E-state index in [0.29, 0.717) is 0 Å². The highest BCUT2D eigenvalue weighted by atomic mass is 16.5. The number of hydrogen-bond donors (Lipinski definition) is 0. The molecule has 0 heterocycles. The molecule has 0 spiro atoms. The molecule has 0 aromatic heterocycles. The van der Waals surface area contributed by atoms with Gasteiger partial charge in [0, 0.05) is 12.2 Å². The average molecular weight is 297 g/mol. The molecular weight excluding hydrogens is 270 g/mol. The van der Waals surface area contributed by atoms with E-state index in [1.54, 1.807) is 0 Å². The van der Waals surface area contributed by atoms with Crippen LogP contribution in [0.3, 0.4) is 0 Å². The summed E-state index contributed by atoms with van der Waals surface area (Å²) in [5.74, 6) is 0.995. The molecule has 0 fully saturated rings.